The summed E-state index contributed by atoms with van der Waals surface area (Å²) in [7, 11) is 2.02. The topological polar surface area (TPSA) is 37.3 Å². The smallest absolute Gasteiger partial charge is 0.251 e. The molecule has 0 unspecified atom stereocenters. The van der Waals surface area contributed by atoms with E-state index >= 15 is 0 Å². The summed E-state index contributed by atoms with van der Waals surface area (Å²) < 4.78 is 2.06. The van der Waals surface area contributed by atoms with Crippen molar-refractivity contribution >= 4 is 16.8 Å². The van der Waals surface area contributed by atoms with E-state index in [-0.39, 0.29) is 5.91 Å². The number of nitrogens with zero attached hydrogens (tertiary/aromatic N) is 2. The van der Waals surface area contributed by atoms with E-state index in [1.54, 1.807) is 0 Å². The van der Waals surface area contributed by atoms with Crippen molar-refractivity contribution in [1.82, 2.24) is 14.8 Å². The first-order valence-corrected chi connectivity index (χ1v) is 9.30. The van der Waals surface area contributed by atoms with Crippen LogP contribution in [0.25, 0.3) is 10.9 Å². The lowest BCUT2D eigenvalue weighted by atomic mass is 9.83. The van der Waals surface area contributed by atoms with Gasteiger partial charge in [-0.3, -0.25) is 4.79 Å². The second kappa shape index (κ2) is 6.60. The van der Waals surface area contributed by atoms with Gasteiger partial charge in [-0.25, -0.2) is 0 Å². The molecule has 128 valence electrons. The third-order valence-electron chi connectivity index (χ3n) is 5.93. The first-order chi connectivity index (χ1) is 11.7. The second-order valence-corrected chi connectivity index (χ2v) is 7.38. The van der Waals surface area contributed by atoms with E-state index in [1.165, 1.54) is 45.2 Å². The standard InChI is InChI=1S/C20H27N3O/c1-22-13-10-16-17(7-4-9-19(16)22)20(24)21-14-15-6-5-12-23-11-3-2-8-18(15)23/h4,7,9-10,13,15,18H,2-3,5-6,8,11-12,14H2,1H3,(H,21,24)/t15-,18+/m0/s1. The molecule has 2 atom stereocenters. The number of nitrogens with one attached hydrogen (secondary N) is 1. The number of hydrogen-bond acceptors (Lipinski definition) is 2. The van der Waals surface area contributed by atoms with Crippen LogP contribution in [-0.4, -0.2) is 41.1 Å². The van der Waals surface area contributed by atoms with Gasteiger partial charge in [-0.05, 0) is 62.9 Å². The Kier molecular flexibility index (Phi) is 4.31. The average Bonchev–Trinajstić information content (AvgIpc) is 3.01. The Morgan fingerprint density at radius 3 is 2.96 bits per heavy atom. The molecule has 4 nitrogen and oxygen atoms in total. The highest BCUT2D eigenvalue weighted by atomic mass is 16.1. The van der Waals surface area contributed by atoms with Crippen molar-refractivity contribution < 1.29 is 4.79 Å². The molecule has 3 heterocycles. The Labute approximate surface area is 143 Å². The lowest BCUT2D eigenvalue weighted by Crippen LogP contribution is -2.51. The zero-order valence-corrected chi connectivity index (χ0v) is 14.5. The van der Waals surface area contributed by atoms with Crippen LogP contribution in [-0.2, 0) is 7.05 Å². The van der Waals surface area contributed by atoms with Crippen LogP contribution >= 0.6 is 0 Å². The highest BCUT2D eigenvalue weighted by Gasteiger charge is 2.33. The van der Waals surface area contributed by atoms with Crippen molar-refractivity contribution in [1.29, 1.82) is 0 Å². The van der Waals surface area contributed by atoms with Crippen LogP contribution in [0.15, 0.2) is 30.5 Å². The van der Waals surface area contributed by atoms with Crippen molar-refractivity contribution in [3.05, 3.63) is 36.0 Å². The quantitative estimate of drug-likeness (QED) is 0.941. The first-order valence-electron chi connectivity index (χ1n) is 9.30. The van der Waals surface area contributed by atoms with Crippen LogP contribution in [0.4, 0.5) is 0 Å². The van der Waals surface area contributed by atoms with Crippen molar-refractivity contribution in [2.24, 2.45) is 13.0 Å². The van der Waals surface area contributed by atoms with Crippen LogP contribution in [0, 0.1) is 5.92 Å². The molecular weight excluding hydrogens is 298 g/mol. The highest BCUT2D eigenvalue weighted by molar-refractivity contribution is 6.06. The summed E-state index contributed by atoms with van der Waals surface area (Å²) in [6.45, 7) is 3.31. The molecule has 0 saturated carbocycles. The van der Waals surface area contributed by atoms with E-state index < -0.39 is 0 Å². The lowest BCUT2D eigenvalue weighted by Gasteiger charge is -2.44. The minimum atomic E-state index is 0.0692. The predicted octanol–water partition coefficient (Wildman–Crippen LogP) is 3.17. The van der Waals surface area contributed by atoms with Gasteiger partial charge in [-0.1, -0.05) is 12.5 Å². The number of aromatic nitrogens is 1. The third-order valence-corrected chi connectivity index (χ3v) is 5.93. The van der Waals surface area contributed by atoms with Gasteiger partial charge >= 0.3 is 0 Å². The van der Waals surface area contributed by atoms with Crippen molar-refractivity contribution in [3.8, 4) is 0 Å². The molecule has 1 aromatic heterocycles. The molecule has 2 aromatic rings. The monoisotopic (exact) mass is 325 g/mol. The minimum absolute atomic E-state index is 0.0692. The molecule has 4 rings (SSSR count). The van der Waals surface area contributed by atoms with Crippen LogP contribution < -0.4 is 5.32 Å². The molecule has 2 aliphatic rings. The number of amides is 1. The molecule has 0 radical (unpaired) electrons. The third kappa shape index (κ3) is 2.84. The number of fused-ring (bicyclic) bond motifs is 2. The molecule has 2 fully saturated rings. The summed E-state index contributed by atoms with van der Waals surface area (Å²) >= 11 is 0. The summed E-state index contributed by atoms with van der Waals surface area (Å²) in [6.07, 6.45) is 8.51. The van der Waals surface area contributed by atoms with Crippen molar-refractivity contribution in [3.63, 3.8) is 0 Å². The number of hydrogen-bond donors (Lipinski definition) is 1. The molecule has 2 saturated heterocycles. The molecular formula is C20H27N3O. The number of carbonyl (C=O) groups is 1. The number of benzene rings is 1. The molecule has 0 bridgehead atoms. The molecule has 0 spiro atoms. The minimum Gasteiger partial charge on any atom is -0.352 e. The fourth-order valence-electron chi connectivity index (χ4n) is 4.63. The summed E-state index contributed by atoms with van der Waals surface area (Å²) in [4.78, 5) is 15.4. The fourth-order valence-corrected chi connectivity index (χ4v) is 4.63. The van der Waals surface area contributed by atoms with Gasteiger partial charge in [0.15, 0.2) is 0 Å². The molecule has 1 aromatic carbocycles. The molecule has 24 heavy (non-hydrogen) atoms. The maximum atomic E-state index is 12.7. The molecule has 4 heteroatoms. The average molecular weight is 325 g/mol. The van der Waals surface area contributed by atoms with E-state index in [2.05, 4.69) is 20.9 Å². The van der Waals surface area contributed by atoms with Gasteiger partial charge in [0.05, 0.1) is 0 Å². The Balaban J connectivity index is 1.46. The van der Waals surface area contributed by atoms with E-state index in [1.807, 2.05) is 31.4 Å². The van der Waals surface area contributed by atoms with Gasteiger partial charge in [0.1, 0.15) is 0 Å². The number of piperidine rings is 2. The number of rotatable bonds is 3. The zero-order valence-electron chi connectivity index (χ0n) is 14.5. The SMILES string of the molecule is Cn1ccc2c(C(=O)NC[C@@H]3CCCN4CCCC[C@H]34)cccc21. The van der Waals surface area contributed by atoms with Gasteiger partial charge < -0.3 is 14.8 Å². The van der Waals surface area contributed by atoms with Gasteiger partial charge in [0.25, 0.3) is 5.91 Å². The Hall–Kier alpha value is -1.81. The maximum absolute atomic E-state index is 12.7. The number of aryl methyl sites for hydroxylation is 1. The van der Waals surface area contributed by atoms with E-state index in [9.17, 15) is 4.79 Å². The summed E-state index contributed by atoms with van der Waals surface area (Å²) in [5, 5.41) is 4.27. The van der Waals surface area contributed by atoms with Crippen LogP contribution in [0.1, 0.15) is 42.5 Å². The lowest BCUT2D eigenvalue weighted by molar-refractivity contribution is 0.0576. The summed E-state index contributed by atoms with van der Waals surface area (Å²) in [5.41, 5.74) is 1.91. The Morgan fingerprint density at radius 1 is 1.17 bits per heavy atom. The largest absolute Gasteiger partial charge is 0.352 e. The molecule has 1 amide bonds. The first kappa shape index (κ1) is 15.7. The molecule has 1 N–H and O–H groups in total. The van der Waals surface area contributed by atoms with Crippen molar-refractivity contribution in [2.75, 3.05) is 19.6 Å². The zero-order chi connectivity index (χ0) is 16.5. The van der Waals surface area contributed by atoms with Crippen molar-refractivity contribution in [2.45, 2.75) is 38.1 Å². The number of carbonyl (C=O) groups excluding carboxylic acids is 1. The molecule has 0 aliphatic carbocycles. The fraction of sp³-hybridized carbons (Fsp3) is 0.550. The Morgan fingerprint density at radius 2 is 2.04 bits per heavy atom. The van der Waals surface area contributed by atoms with E-state index in [0.29, 0.717) is 12.0 Å². The highest BCUT2D eigenvalue weighted by Crippen LogP contribution is 2.30. The second-order valence-electron chi connectivity index (χ2n) is 7.38. The molecule has 2 aliphatic heterocycles. The Bertz CT molecular complexity index is 734. The van der Waals surface area contributed by atoms with E-state index in [4.69, 9.17) is 0 Å². The maximum Gasteiger partial charge on any atom is 0.251 e. The van der Waals surface area contributed by atoms with Crippen LogP contribution in [0.5, 0.6) is 0 Å². The summed E-state index contributed by atoms with van der Waals surface area (Å²) in [5.74, 6) is 0.678. The van der Waals surface area contributed by atoms with E-state index in [0.717, 1.165) is 23.0 Å². The van der Waals surface area contributed by atoms with Gasteiger partial charge in [-0.2, -0.15) is 0 Å². The predicted molar refractivity (Wildman–Crippen MR) is 97.2 cm³/mol. The van der Waals surface area contributed by atoms with Crippen LogP contribution in [0.2, 0.25) is 0 Å². The van der Waals surface area contributed by atoms with Crippen LogP contribution in [0.3, 0.4) is 0 Å². The van der Waals surface area contributed by atoms with Gasteiger partial charge in [-0.15, -0.1) is 0 Å². The normalized spacial score (nSPS) is 24.7. The van der Waals surface area contributed by atoms with Gasteiger partial charge in [0.2, 0.25) is 0 Å². The van der Waals surface area contributed by atoms with Gasteiger partial charge in [0, 0.05) is 42.3 Å². The summed E-state index contributed by atoms with van der Waals surface area (Å²) in [6, 6.07) is 8.69.